The number of nitrogens with two attached hydrogens (primary N) is 1. The zero-order valence-electron chi connectivity index (χ0n) is 7.81. The van der Waals surface area contributed by atoms with Crippen LogP contribution in [0.4, 0.5) is 5.82 Å². The van der Waals surface area contributed by atoms with Crippen LogP contribution < -0.4 is 5.73 Å². The number of nitrogen functional groups attached to an aromatic ring is 1. The van der Waals surface area contributed by atoms with Crippen LogP contribution in [0.25, 0.3) is 0 Å². The first-order valence-corrected chi connectivity index (χ1v) is 5.70. The van der Waals surface area contributed by atoms with Crippen LogP contribution in [0.2, 0.25) is 5.22 Å². The van der Waals surface area contributed by atoms with Crippen LogP contribution in [-0.2, 0) is 5.75 Å². The summed E-state index contributed by atoms with van der Waals surface area (Å²) in [6, 6.07) is 9.12. The monoisotopic (exact) mass is 240 g/mol. The van der Waals surface area contributed by atoms with Crippen LogP contribution in [0.15, 0.2) is 39.8 Å². The molecule has 2 heterocycles. The summed E-state index contributed by atoms with van der Waals surface area (Å²) in [5.74, 6) is 2.05. The van der Waals surface area contributed by atoms with Crippen LogP contribution in [0.3, 0.4) is 0 Å². The van der Waals surface area contributed by atoms with E-state index in [-0.39, 0.29) is 0 Å². The molecule has 0 aliphatic rings. The van der Waals surface area contributed by atoms with E-state index in [0.717, 1.165) is 10.8 Å². The van der Waals surface area contributed by atoms with E-state index in [9.17, 15) is 0 Å². The fraction of sp³-hybridized carbons (Fsp3) is 0.100. The summed E-state index contributed by atoms with van der Waals surface area (Å²) in [4.78, 5) is 4.16. The molecule has 0 atom stereocenters. The van der Waals surface area contributed by atoms with Crippen molar-refractivity contribution in [1.82, 2.24) is 4.98 Å². The zero-order valence-corrected chi connectivity index (χ0v) is 9.39. The predicted molar refractivity (Wildman–Crippen MR) is 61.9 cm³/mol. The van der Waals surface area contributed by atoms with Gasteiger partial charge in [0, 0.05) is 0 Å². The van der Waals surface area contributed by atoms with E-state index in [2.05, 4.69) is 4.98 Å². The Morgan fingerprint density at radius 2 is 2.20 bits per heavy atom. The van der Waals surface area contributed by atoms with Crippen molar-refractivity contribution >= 4 is 29.2 Å². The van der Waals surface area contributed by atoms with Crippen molar-refractivity contribution in [1.29, 1.82) is 0 Å². The standard InChI is InChI=1S/C10H9ClN2OS/c11-8-5-4-7(14-8)6-15-10-3-1-2-9(12)13-10/h1-5H,6H2,(H2,12,13). The number of rotatable bonds is 3. The van der Waals surface area contributed by atoms with Crippen molar-refractivity contribution in [3.8, 4) is 0 Å². The molecule has 0 amide bonds. The van der Waals surface area contributed by atoms with E-state index in [4.69, 9.17) is 21.8 Å². The van der Waals surface area contributed by atoms with Crippen LogP contribution >= 0.6 is 23.4 Å². The quantitative estimate of drug-likeness (QED) is 0.837. The molecule has 5 heteroatoms. The second-order valence-corrected chi connectivity index (χ2v) is 4.26. The molecule has 78 valence electrons. The maximum atomic E-state index is 5.66. The third kappa shape index (κ3) is 2.91. The summed E-state index contributed by atoms with van der Waals surface area (Å²) in [6.07, 6.45) is 0. The molecule has 0 aliphatic heterocycles. The molecule has 2 aromatic rings. The average molecular weight is 241 g/mol. The summed E-state index contributed by atoms with van der Waals surface area (Å²) in [5, 5.41) is 1.29. The van der Waals surface area contributed by atoms with E-state index in [1.54, 1.807) is 23.9 Å². The Hall–Kier alpha value is -1.13. The van der Waals surface area contributed by atoms with Gasteiger partial charge in [0.25, 0.3) is 0 Å². The zero-order chi connectivity index (χ0) is 10.7. The first-order chi connectivity index (χ1) is 7.24. The summed E-state index contributed by atoms with van der Waals surface area (Å²) in [7, 11) is 0. The van der Waals surface area contributed by atoms with E-state index in [1.165, 1.54) is 0 Å². The Bertz CT molecular complexity index is 458. The molecule has 2 N–H and O–H groups in total. The van der Waals surface area contributed by atoms with Crippen LogP contribution in [0, 0.1) is 0 Å². The van der Waals surface area contributed by atoms with Gasteiger partial charge in [-0.3, -0.25) is 0 Å². The van der Waals surface area contributed by atoms with Gasteiger partial charge in [0.2, 0.25) is 0 Å². The molecule has 0 saturated carbocycles. The first kappa shape index (κ1) is 10.4. The topological polar surface area (TPSA) is 52.0 Å². The van der Waals surface area contributed by atoms with Crippen LogP contribution in [0.5, 0.6) is 0 Å². The second-order valence-electron chi connectivity index (χ2n) is 2.90. The van der Waals surface area contributed by atoms with E-state index in [0.29, 0.717) is 16.8 Å². The number of hydrogen-bond donors (Lipinski definition) is 1. The van der Waals surface area contributed by atoms with Gasteiger partial charge in [-0.05, 0) is 35.9 Å². The van der Waals surface area contributed by atoms with E-state index >= 15 is 0 Å². The number of halogens is 1. The molecular formula is C10H9ClN2OS. The second kappa shape index (κ2) is 4.59. The summed E-state index contributed by atoms with van der Waals surface area (Å²) >= 11 is 7.21. The Morgan fingerprint density at radius 1 is 1.33 bits per heavy atom. The van der Waals surface area contributed by atoms with Crippen molar-refractivity contribution in [2.24, 2.45) is 0 Å². The van der Waals surface area contributed by atoms with E-state index in [1.807, 2.05) is 18.2 Å². The van der Waals surface area contributed by atoms with Crippen molar-refractivity contribution in [2.45, 2.75) is 10.8 Å². The average Bonchev–Trinajstić information content (AvgIpc) is 2.62. The maximum Gasteiger partial charge on any atom is 0.193 e. The van der Waals surface area contributed by atoms with Crippen molar-refractivity contribution in [3.63, 3.8) is 0 Å². The Morgan fingerprint density at radius 3 is 2.87 bits per heavy atom. The molecule has 0 unspecified atom stereocenters. The number of thioether (sulfide) groups is 1. The largest absolute Gasteiger partial charge is 0.449 e. The van der Waals surface area contributed by atoms with Gasteiger partial charge in [-0.15, -0.1) is 0 Å². The molecule has 0 aromatic carbocycles. The predicted octanol–water partition coefficient (Wildman–Crippen LogP) is 3.20. The minimum atomic E-state index is 0.408. The van der Waals surface area contributed by atoms with Gasteiger partial charge in [0.15, 0.2) is 5.22 Å². The Balaban J connectivity index is 1.99. The normalized spacial score (nSPS) is 10.5. The minimum Gasteiger partial charge on any atom is -0.449 e. The molecule has 0 radical (unpaired) electrons. The lowest BCUT2D eigenvalue weighted by Crippen LogP contribution is -1.90. The molecular weight excluding hydrogens is 232 g/mol. The lowest BCUT2D eigenvalue weighted by molar-refractivity contribution is 0.532. The van der Waals surface area contributed by atoms with Crippen molar-refractivity contribution in [3.05, 3.63) is 41.3 Å². The maximum absolute atomic E-state index is 5.66. The number of furan rings is 1. The van der Waals surface area contributed by atoms with Gasteiger partial charge in [-0.1, -0.05) is 17.8 Å². The summed E-state index contributed by atoms with van der Waals surface area (Å²) < 4.78 is 5.22. The van der Waals surface area contributed by atoms with Gasteiger partial charge in [-0.25, -0.2) is 4.98 Å². The molecule has 0 bridgehead atoms. The number of hydrogen-bond acceptors (Lipinski definition) is 4. The fourth-order valence-electron chi connectivity index (χ4n) is 1.09. The third-order valence-corrected chi connectivity index (χ3v) is 2.89. The number of anilines is 1. The minimum absolute atomic E-state index is 0.408. The highest BCUT2D eigenvalue weighted by Crippen LogP contribution is 2.23. The summed E-state index contributed by atoms with van der Waals surface area (Å²) in [6.45, 7) is 0. The molecule has 0 saturated heterocycles. The lowest BCUT2D eigenvalue weighted by Gasteiger charge is -1.99. The molecule has 0 fully saturated rings. The van der Waals surface area contributed by atoms with Gasteiger partial charge < -0.3 is 10.2 Å². The molecule has 2 rings (SSSR count). The molecule has 0 aliphatic carbocycles. The number of pyridine rings is 1. The number of aromatic nitrogens is 1. The van der Waals surface area contributed by atoms with Crippen LogP contribution in [0.1, 0.15) is 5.76 Å². The molecule has 2 aromatic heterocycles. The van der Waals surface area contributed by atoms with Gasteiger partial charge in [0.05, 0.1) is 10.8 Å². The molecule has 3 nitrogen and oxygen atoms in total. The highest BCUT2D eigenvalue weighted by Gasteiger charge is 2.02. The molecule has 0 spiro atoms. The van der Waals surface area contributed by atoms with Gasteiger partial charge in [0.1, 0.15) is 11.6 Å². The van der Waals surface area contributed by atoms with Crippen molar-refractivity contribution in [2.75, 3.05) is 5.73 Å². The Kier molecular flexibility index (Phi) is 3.18. The van der Waals surface area contributed by atoms with Gasteiger partial charge in [-0.2, -0.15) is 0 Å². The number of nitrogens with zero attached hydrogens (tertiary/aromatic N) is 1. The lowest BCUT2D eigenvalue weighted by atomic mass is 10.5. The SMILES string of the molecule is Nc1cccc(SCc2ccc(Cl)o2)n1. The van der Waals surface area contributed by atoms with Crippen molar-refractivity contribution < 1.29 is 4.42 Å². The third-order valence-electron chi connectivity index (χ3n) is 1.74. The van der Waals surface area contributed by atoms with Gasteiger partial charge >= 0.3 is 0 Å². The molecule has 15 heavy (non-hydrogen) atoms. The smallest absolute Gasteiger partial charge is 0.193 e. The highest BCUT2D eigenvalue weighted by atomic mass is 35.5. The first-order valence-electron chi connectivity index (χ1n) is 4.33. The summed E-state index contributed by atoms with van der Waals surface area (Å²) in [5.41, 5.74) is 5.56. The Labute approximate surface area is 96.6 Å². The highest BCUT2D eigenvalue weighted by molar-refractivity contribution is 7.98. The fourth-order valence-corrected chi connectivity index (χ4v) is 2.04. The van der Waals surface area contributed by atoms with E-state index < -0.39 is 0 Å². The van der Waals surface area contributed by atoms with Crippen LogP contribution in [-0.4, -0.2) is 4.98 Å².